The van der Waals surface area contributed by atoms with E-state index >= 15 is 0 Å². The molecular weight excluding hydrogens is 522 g/mol. The summed E-state index contributed by atoms with van der Waals surface area (Å²) in [6, 6.07) is 11.0. The molecule has 0 atom stereocenters. The first-order valence-corrected chi connectivity index (χ1v) is 15.8. The molecule has 0 aliphatic rings. The van der Waals surface area contributed by atoms with E-state index in [1.54, 1.807) is 28.8 Å². The van der Waals surface area contributed by atoms with Gasteiger partial charge in [-0.1, -0.05) is 43.2 Å². The number of rotatable bonds is 3. The molecule has 0 aliphatic heterocycles. The van der Waals surface area contributed by atoms with Crippen LogP contribution in [0, 0.1) is 30.0 Å². The Balaban J connectivity index is 1.76. The van der Waals surface area contributed by atoms with Gasteiger partial charge in [0.1, 0.15) is 36.7 Å². The fourth-order valence-corrected chi connectivity index (χ4v) is 5.27. The summed E-state index contributed by atoms with van der Waals surface area (Å²) >= 11 is 7.03. The highest BCUT2D eigenvalue weighted by Gasteiger charge is 2.22. The lowest BCUT2D eigenvalue weighted by Gasteiger charge is -2.13. The number of hydrogen-bond donors (Lipinski definition) is 1. The number of pyridine rings is 1. The van der Waals surface area contributed by atoms with E-state index < -0.39 is 31.2 Å². The van der Waals surface area contributed by atoms with Crippen molar-refractivity contribution >= 4 is 47.7 Å². The van der Waals surface area contributed by atoms with Crippen molar-refractivity contribution in [2.45, 2.75) is 26.6 Å². The summed E-state index contributed by atoms with van der Waals surface area (Å²) < 4.78 is 31.8. The summed E-state index contributed by atoms with van der Waals surface area (Å²) in [5, 5.41) is 0.468. The fraction of sp³-hybridized carbons (Fsp3) is 0.172. The van der Waals surface area contributed by atoms with E-state index in [4.69, 9.17) is 17.3 Å². The number of aromatic nitrogens is 3. The van der Waals surface area contributed by atoms with Crippen LogP contribution in [0.2, 0.25) is 24.7 Å². The highest BCUT2D eigenvalue weighted by molar-refractivity contribution is 6.83. The second-order valence-electron chi connectivity index (χ2n) is 10.3. The SMILES string of the molecule is Cc1nc2c(Cl)c(-c3cccn4c(C(=O)c5cc(F)c(N)c(F)c5)ccc34)c(C#C[Si](C)(C)C)cc2n1C. The quantitative estimate of drug-likeness (QED) is 0.117. The number of hydrogen-bond acceptors (Lipinski definition) is 3. The van der Waals surface area contributed by atoms with E-state index in [0.29, 0.717) is 16.1 Å². The number of nitrogen functional groups attached to an aromatic ring is 1. The highest BCUT2D eigenvalue weighted by Crippen LogP contribution is 2.39. The molecule has 3 heterocycles. The van der Waals surface area contributed by atoms with E-state index in [2.05, 4.69) is 36.1 Å². The zero-order valence-electron chi connectivity index (χ0n) is 21.6. The Hall–Kier alpha value is -3.93. The number of aryl methyl sites for hydroxylation is 2. The number of nitrogens with two attached hydrogens (primary N) is 1. The average molecular weight is 547 g/mol. The molecule has 0 spiro atoms. The van der Waals surface area contributed by atoms with Gasteiger partial charge >= 0.3 is 0 Å². The number of benzene rings is 2. The van der Waals surface area contributed by atoms with Crippen molar-refractivity contribution in [3.63, 3.8) is 0 Å². The van der Waals surface area contributed by atoms with Crippen molar-refractivity contribution in [2.75, 3.05) is 5.73 Å². The van der Waals surface area contributed by atoms with Gasteiger partial charge < -0.3 is 14.7 Å². The van der Waals surface area contributed by atoms with Crippen LogP contribution in [0.3, 0.4) is 0 Å². The van der Waals surface area contributed by atoms with Crippen LogP contribution in [-0.4, -0.2) is 27.8 Å². The topological polar surface area (TPSA) is 65.3 Å². The summed E-state index contributed by atoms with van der Waals surface area (Å²) in [6.45, 7) is 8.42. The molecule has 2 N–H and O–H groups in total. The van der Waals surface area contributed by atoms with Gasteiger partial charge in [0.05, 0.1) is 21.7 Å². The highest BCUT2D eigenvalue weighted by atomic mass is 35.5. The number of anilines is 1. The first-order valence-electron chi connectivity index (χ1n) is 12.0. The molecule has 0 fully saturated rings. The Bertz CT molecular complexity index is 1830. The van der Waals surface area contributed by atoms with Crippen molar-refractivity contribution in [3.8, 4) is 22.6 Å². The van der Waals surface area contributed by atoms with Gasteiger partial charge in [0, 0.05) is 35.5 Å². The van der Waals surface area contributed by atoms with Gasteiger partial charge in [-0.15, -0.1) is 5.54 Å². The number of carbonyl (C=O) groups is 1. The number of nitrogens with zero attached hydrogens (tertiary/aromatic N) is 3. The molecule has 0 aliphatic carbocycles. The lowest BCUT2D eigenvalue weighted by atomic mass is 9.98. The Morgan fingerprint density at radius 3 is 2.42 bits per heavy atom. The smallest absolute Gasteiger partial charge is 0.209 e. The third-order valence-corrected chi connectivity index (χ3v) is 7.69. The zero-order valence-corrected chi connectivity index (χ0v) is 23.3. The van der Waals surface area contributed by atoms with E-state index in [9.17, 15) is 13.6 Å². The Labute approximate surface area is 224 Å². The minimum absolute atomic E-state index is 0.135. The molecule has 9 heteroatoms. The van der Waals surface area contributed by atoms with Crippen LogP contribution in [0.4, 0.5) is 14.5 Å². The molecular formula is C29H25ClF2N4OSi. The van der Waals surface area contributed by atoms with Gasteiger partial charge in [-0.3, -0.25) is 4.79 Å². The minimum Gasteiger partial charge on any atom is -0.394 e. The maximum atomic E-state index is 14.1. The van der Waals surface area contributed by atoms with Crippen molar-refractivity contribution in [2.24, 2.45) is 7.05 Å². The van der Waals surface area contributed by atoms with Crippen LogP contribution in [0.5, 0.6) is 0 Å². The summed E-state index contributed by atoms with van der Waals surface area (Å²) in [7, 11) is 0.216. The zero-order chi connectivity index (χ0) is 27.5. The lowest BCUT2D eigenvalue weighted by Crippen LogP contribution is -2.16. The molecule has 38 heavy (non-hydrogen) atoms. The molecule has 0 bridgehead atoms. The number of fused-ring (bicyclic) bond motifs is 2. The molecule has 0 unspecified atom stereocenters. The summed E-state index contributed by atoms with van der Waals surface area (Å²) in [6.07, 6.45) is 1.72. The molecule has 0 saturated carbocycles. The Morgan fingerprint density at radius 1 is 1.08 bits per heavy atom. The second kappa shape index (κ2) is 9.12. The molecule has 3 aromatic heterocycles. The molecule has 5 rings (SSSR count). The van der Waals surface area contributed by atoms with Crippen LogP contribution >= 0.6 is 11.6 Å². The molecule has 2 aromatic carbocycles. The predicted octanol–water partition coefficient (Wildman–Crippen LogP) is 6.78. The third-order valence-electron chi connectivity index (χ3n) is 6.45. The van der Waals surface area contributed by atoms with E-state index in [1.165, 1.54) is 0 Å². The molecule has 5 aromatic rings. The second-order valence-corrected chi connectivity index (χ2v) is 15.4. The molecule has 0 amide bonds. The van der Waals surface area contributed by atoms with E-state index in [-0.39, 0.29) is 11.3 Å². The number of imidazole rings is 1. The first-order chi connectivity index (χ1) is 17.9. The van der Waals surface area contributed by atoms with Gasteiger partial charge in [-0.2, -0.15) is 0 Å². The van der Waals surface area contributed by atoms with Crippen molar-refractivity contribution in [1.82, 2.24) is 14.0 Å². The largest absolute Gasteiger partial charge is 0.394 e. The number of halogens is 3. The summed E-state index contributed by atoms with van der Waals surface area (Å²) in [5.74, 6) is 1.69. The van der Waals surface area contributed by atoms with Crippen molar-refractivity contribution in [1.29, 1.82) is 0 Å². The molecule has 0 saturated heterocycles. The Morgan fingerprint density at radius 2 is 1.76 bits per heavy atom. The Kier molecular flexibility index (Phi) is 6.17. The fourth-order valence-electron chi connectivity index (χ4n) is 4.42. The van der Waals surface area contributed by atoms with E-state index in [0.717, 1.165) is 40.2 Å². The third kappa shape index (κ3) is 4.28. The lowest BCUT2D eigenvalue weighted by molar-refractivity contribution is 0.103. The first kappa shape index (κ1) is 25.7. The van der Waals surface area contributed by atoms with Crippen LogP contribution in [-0.2, 0) is 7.05 Å². The van der Waals surface area contributed by atoms with Crippen LogP contribution in [0.1, 0.15) is 27.4 Å². The van der Waals surface area contributed by atoms with Crippen LogP contribution < -0.4 is 5.73 Å². The maximum absolute atomic E-state index is 14.1. The summed E-state index contributed by atoms with van der Waals surface area (Å²) in [4.78, 5) is 18.0. The minimum atomic E-state index is -1.72. The van der Waals surface area contributed by atoms with E-state index in [1.807, 2.05) is 30.7 Å². The van der Waals surface area contributed by atoms with Crippen molar-refractivity contribution in [3.05, 3.63) is 88.0 Å². The normalized spacial score (nSPS) is 11.7. The van der Waals surface area contributed by atoms with Crippen molar-refractivity contribution < 1.29 is 13.6 Å². The summed E-state index contributed by atoms with van der Waals surface area (Å²) in [5.41, 5.74) is 12.8. The van der Waals surface area contributed by atoms with Gasteiger partial charge in [0.15, 0.2) is 0 Å². The van der Waals surface area contributed by atoms with Gasteiger partial charge in [-0.05, 0) is 43.3 Å². The molecule has 0 radical (unpaired) electrons. The van der Waals surface area contributed by atoms with Crippen LogP contribution in [0.25, 0.3) is 27.7 Å². The molecule has 192 valence electrons. The van der Waals surface area contributed by atoms with Gasteiger partial charge in [-0.25, -0.2) is 13.8 Å². The molecule has 5 nitrogen and oxygen atoms in total. The average Bonchev–Trinajstić information content (AvgIpc) is 3.41. The number of carbonyl (C=O) groups excluding carboxylic acids is 1. The monoisotopic (exact) mass is 546 g/mol. The van der Waals surface area contributed by atoms with Gasteiger partial charge in [0.2, 0.25) is 5.78 Å². The number of ketones is 1. The standard InChI is InChI=1S/C29H25ClF2N4OSi/c1-16-34-28-24(35(16)2)15-17(10-12-38(3,4)5)25(26(28)30)19-7-6-11-36-22(19)8-9-23(36)29(37)18-13-20(31)27(33)21(32)14-18/h6-9,11,13-15H,33H2,1-5H3. The van der Waals surface area contributed by atoms with Gasteiger partial charge in [0.25, 0.3) is 0 Å². The predicted molar refractivity (Wildman–Crippen MR) is 151 cm³/mol. The van der Waals surface area contributed by atoms with Crippen LogP contribution in [0.15, 0.2) is 48.7 Å². The maximum Gasteiger partial charge on any atom is 0.209 e.